The lowest BCUT2D eigenvalue weighted by Gasteiger charge is -2.26. The van der Waals surface area contributed by atoms with E-state index in [2.05, 4.69) is 23.5 Å². The van der Waals surface area contributed by atoms with Crippen LogP contribution in [0.1, 0.15) is 45.1 Å². The van der Waals surface area contributed by atoms with E-state index >= 15 is 0 Å². The number of carboxylic acids is 1. The van der Waals surface area contributed by atoms with Crippen molar-refractivity contribution in [3.05, 3.63) is 103 Å². The average molecular weight is 732 g/mol. The molecule has 5 aromatic rings. The number of sulfonamides is 1. The van der Waals surface area contributed by atoms with Gasteiger partial charge >= 0.3 is 16.1 Å². The molecule has 270 valence electrons. The van der Waals surface area contributed by atoms with Crippen molar-refractivity contribution < 1.29 is 30.9 Å². The van der Waals surface area contributed by atoms with Crippen LogP contribution in [0.4, 0.5) is 11.4 Å². The van der Waals surface area contributed by atoms with Crippen LogP contribution in [-0.4, -0.2) is 61.1 Å². The predicted molar refractivity (Wildman–Crippen MR) is 204 cm³/mol. The zero-order valence-electron chi connectivity index (χ0n) is 29.4. The van der Waals surface area contributed by atoms with Crippen LogP contribution in [0, 0.1) is 0 Å². The zero-order chi connectivity index (χ0) is 36.8. The molecule has 0 amide bonds. The van der Waals surface area contributed by atoms with E-state index in [1.54, 1.807) is 30.3 Å². The van der Waals surface area contributed by atoms with Crippen LogP contribution >= 0.6 is 0 Å². The molecule has 5 aromatic carbocycles. The third kappa shape index (κ3) is 8.63. The Bertz CT molecular complexity index is 2210. The molecule has 0 aliphatic heterocycles. The first-order valence-corrected chi connectivity index (χ1v) is 20.0. The van der Waals surface area contributed by atoms with Crippen molar-refractivity contribution >= 4 is 59.0 Å². The Kier molecular flexibility index (Phi) is 11.9. The summed E-state index contributed by atoms with van der Waals surface area (Å²) in [6, 6.07) is 25.4. The fourth-order valence-corrected chi connectivity index (χ4v) is 8.77. The second-order valence-electron chi connectivity index (χ2n) is 12.7. The number of aliphatic carboxylic acids is 1. The van der Waals surface area contributed by atoms with Crippen LogP contribution in [0.3, 0.4) is 0 Å². The highest BCUT2D eigenvalue weighted by Crippen LogP contribution is 2.33. The lowest BCUT2D eigenvalue weighted by molar-refractivity contribution is -0.138. The minimum absolute atomic E-state index is 0.000809. The van der Waals surface area contributed by atoms with E-state index in [-0.39, 0.29) is 22.0 Å². The number of fused-ring (bicyclic) bond motifs is 2. The summed E-state index contributed by atoms with van der Waals surface area (Å²) >= 11 is 0. The number of hydrogen-bond acceptors (Lipinski definition) is 8. The Morgan fingerprint density at radius 2 is 1.22 bits per heavy atom. The van der Waals surface area contributed by atoms with E-state index < -0.39 is 32.2 Å². The van der Waals surface area contributed by atoms with Gasteiger partial charge in [0.15, 0.2) is 0 Å². The number of rotatable bonds is 17. The summed E-state index contributed by atoms with van der Waals surface area (Å²) in [5.74, 6) is -1.31. The first-order valence-electron chi connectivity index (χ1n) is 17.1. The van der Waals surface area contributed by atoms with Gasteiger partial charge in [-0.05, 0) is 61.2 Å². The van der Waals surface area contributed by atoms with Gasteiger partial charge in [-0.2, -0.15) is 13.1 Å². The van der Waals surface area contributed by atoms with E-state index in [1.165, 1.54) is 36.4 Å². The van der Waals surface area contributed by atoms with Gasteiger partial charge in [-0.1, -0.05) is 87.4 Å². The van der Waals surface area contributed by atoms with Crippen LogP contribution < -0.4 is 18.7 Å². The largest absolute Gasteiger partial charge is 0.480 e. The number of carboxylic acid groups (broad SMARTS) is 1. The normalized spacial score (nSPS) is 12.5. The highest BCUT2D eigenvalue weighted by molar-refractivity contribution is 7.89. The van der Waals surface area contributed by atoms with Crippen LogP contribution in [0.5, 0.6) is 5.75 Å². The van der Waals surface area contributed by atoms with Crippen LogP contribution in [0.25, 0.3) is 21.5 Å². The van der Waals surface area contributed by atoms with E-state index in [1.807, 2.05) is 49.3 Å². The highest BCUT2D eigenvalue weighted by Gasteiger charge is 2.28. The fourth-order valence-electron chi connectivity index (χ4n) is 6.22. The van der Waals surface area contributed by atoms with Crippen LogP contribution in [0.2, 0.25) is 0 Å². The van der Waals surface area contributed by atoms with Gasteiger partial charge in [0.2, 0.25) is 10.0 Å². The fraction of sp³-hybridized carbons (Fsp3) is 0.308. The predicted octanol–water partition coefficient (Wildman–Crippen LogP) is 7.21. The summed E-state index contributed by atoms with van der Waals surface area (Å²) in [6.45, 7) is 5.97. The van der Waals surface area contributed by atoms with Crippen molar-refractivity contribution in [2.45, 2.75) is 61.8 Å². The molecule has 0 aliphatic rings. The summed E-state index contributed by atoms with van der Waals surface area (Å²) in [7, 11) is -4.75. The molecular formula is C39H45N3O7S2. The number of nitrogens with zero attached hydrogens (tertiary/aromatic N) is 2. The molecule has 0 spiro atoms. The SMILES string of the molecule is CCCCN(CCCC)c1cccc2c(S(=O)(=O)N[C@@H](Cc3ccc(OS(=O)(=O)c4cccc5c(N(C)C)cccc45)cc3)C(=O)O)cccc12. The number of carbonyl (C=O) groups is 1. The molecule has 0 radical (unpaired) electrons. The Morgan fingerprint density at radius 3 is 1.78 bits per heavy atom. The minimum Gasteiger partial charge on any atom is -0.480 e. The number of hydrogen-bond donors (Lipinski definition) is 2. The molecule has 51 heavy (non-hydrogen) atoms. The van der Waals surface area contributed by atoms with Crippen molar-refractivity contribution in [2.24, 2.45) is 0 Å². The third-order valence-electron chi connectivity index (χ3n) is 8.83. The van der Waals surface area contributed by atoms with Gasteiger partial charge in [-0.3, -0.25) is 4.79 Å². The molecule has 0 bridgehead atoms. The summed E-state index contributed by atoms with van der Waals surface area (Å²) in [4.78, 5) is 16.6. The maximum Gasteiger partial charge on any atom is 0.339 e. The first kappa shape index (κ1) is 37.6. The summed E-state index contributed by atoms with van der Waals surface area (Å²) in [5, 5.41) is 12.6. The lowest BCUT2D eigenvalue weighted by Crippen LogP contribution is -2.42. The van der Waals surface area contributed by atoms with Crippen molar-refractivity contribution in [2.75, 3.05) is 37.0 Å². The molecule has 0 aliphatic carbocycles. The Hall–Kier alpha value is -4.65. The highest BCUT2D eigenvalue weighted by atomic mass is 32.2. The second kappa shape index (κ2) is 16.1. The minimum atomic E-state index is -4.27. The van der Waals surface area contributed by atoms with Crippen molar-refractivity contribution in [3.8, 4) is 5.75 Å². The molecule has 0 saturated carbocycles. The average Bonchev–Trinajstić information content (AvgIpc) is 3.11. The number of unbranched alkanes of at least 4 members (excludes halogenated alkanes) is 2. The van der Waals surface area contributed by atoms with E-state index in [0.29, 0.717) is 16.3 Å². The lowest BCUT2D eigenvalue weighted by atomic mass is 10.1. The van der Waals surface area contributed by atoms with Crippen molar-refractivity contribution in [3.63, 3.8) is 0 Å². The summed E-state index contributed by atoms with van der Waals surface area (Å²) in [6.07, 6.45) is 3.89. The molecule has 2 N–H and O–H groups in total. The number of benzene rings is 5. The Morgan fingerprint density at radius 1 is 0.706 bits per heavy atom. The van der Waals surface area contributed by atoms with E-state index in [4.69, 9.17) is 4.18 Å². The van der Waals surface area contributed by atoms with E-state index in [0.717, 1.165) is 60.9 Å². The zero-order valence-corrected chi connectivity index (χ0v) is 31.0. The van der Waals surface area contributed by atoms with Gasteiger partial charge in [0.25, 0.3) is 0 Å². The quantitative estimate of drug-likeness (QED) is 0.0953. The third-order valence-corrected chi connectivity index (χ3v) is 11.7. The van der Waals surface area contributed by atoms with Gasteiger partial charge < -0.3 is 19.1 Å². The summed E-state index contributed by atoms with van der Waals surface area (Å²) < 4.78 is 62.3. The Labute approximate surface area is 300 Å². The van der Waals surface area contributed by atoms with Gasteiger partial charge in [0, 0.05) is 60.1 Å². The van der Waals surface area contributed by atoms with Crippen molar-refractivity contribution in [1.82, 2.24) is 4.72 Å². The molecule has 0 fully saturated rings. The molecule has 12 heteroatoms. The first-order chi connectivity index (χ1) is 24.4. The standard InChI is InChI=1S/C39H45N3O7S2/c1-5-7-25-42(26-8-6-2)36-18-10-15-32-31(36)14-11-19-37(32)50(45,46)40-34(39(43)44)27-28-21-23-29(24-22-28)49-51(47,48)38-20-12-13-30-33(38)16-9-17-35(30)41(3)4/h9-24,34,40H,5-8,25-27H2,1-4H3,(H,43,44)/t34-/m0/s1. The molecule has 0 unspecified atom stereocenters. The van der Waals surface area contributed by atoms with Gasteiger partial charge in [0.1, 0.15) is 16.7 Å². The molecule has 10 nitrogen and oxygen atoms in total. The topological polar surface area (TPSA) is 133 Å². The Balaban J connectivity index is 1.36. The molecule has 0 heterocycles. The van der Waals surface area contributed by atoms with E-state index in [9.17, 15) is 26.7 Å². The van der Waals surface area contributed by atoms with Crippen LogP contribution in [0.15, 0.2) is 107 Å². The molecular weight excluding hydrogens is 687 g/mol. The summed E-state index contributed by atoms with van der Waals surface area (Å²) in [5.41, 5.74) is 2.28. The van der Waals surface area contributed by atoms with Crippen molar-refractivity contribution in [1.29, 1.82) is 0 Å². The van der Waals surface area contributed by atoms with Gasteiger partial charge in [-0.15, -0.1) is 0 Å². The monoisotopic (exact) mass is 731 g/mol. The molecule has 5 rings (SSSR count). The van der Waals surface area contributed by atoms with Crippen LogP contribution in [-0.2, 0) is 31.4 Å². The molecule has 0 saturated heterocycles. The molecule has 0 aromatic heterocycles. The number of nitrogens with one attached hydrogen (secondary N) is 1. The maximum atomic E-state index is 13.8. The smallest absolute Gasteiger partial charge is 0.339 e. The van der Waals surface area contributed by atoms with Gasteiger partial charge in [-0.25, -0.2) is 8.42 Å². The maximum absolute atomic E-state index is 13.8. The molecule has 1 atom stereocenters. The second-order valence-corrected chi connectivity index (χ2v) is 15.9. The number of anilines is 2. The van der Waals surface area contributed by atoms with Gasteiger partial charge in [0.05, 0.1) is 4.90 Å².